The number of piperazine rings is 1. The Bertz CT molecular complexity index is 362. The van der Waals surface area contributed by atoms with Crippen LogP contribution in [0, 0.1) is 0 Å². The van der Waals surface area contributed by atoms with E-state index in [-0.39, 0.29) is 24.8 Å². The summed E-state index contributed by atoms with van der Waals surface area (Å²) in [5, 5.41) is 3.24. The number of alkyl halides is 3. The van der Waals surface area contributed by atoms with E-state index in [9.17, 15) is 13.2 Å². The normalized spacial score (nSPS) is 16.4. The maximum atomic E-state index is 12.4. The van der Waals surface area contributed by atoms with E-state index in [1.807, 2.05) is 0 Å². The molecule has 110 valence electrons. The Morgan fingerprint density at radius 1 is 1.00 bits per heavy atom. The van der Waals surface area contributed by atoms with E-state index in [0.717, 1.165) is 50.4 Å². The molecule has 2 nitrogen and oxygen atoms in total. The minimum absolute atomic E-state index is 0. The molecule has 1 N–H and O–H groups in total. The molecule has 0 bridgehead atoms. The maximum Gasteiger partial charge on any atom is 0.416 e. The Labute approximate surface area is 123 Å². The Morgan fingerprint density at radius 3 is 2.00 bits per heavy atom. The molecule has 0 saturated carbocycles. The number of hydrogen-bond acceptors (Lipinski definition) is 2. The fraction of sp³-hybridized carbons (Fsp3) is 0.500. The summed E-state index contributed by atoms with van der Waals surface area (Å²) in [6, 6.07) is 5.42. The van der Waals surface area contributed by atoms with Crippen molar-refractivity contribution in [3.8, 4) is 0 Å². The molecular weight excluding hydrogens is 300 g/mol. The highest BCUT2D eigenvalue weighted by Gasteiger charge is 2.29. The lowest BCUT2D eigenvalue weighted by Gasteiger charge is -2.27. The number of benzene rings is 1. The second kappa shape index (κ2) is 7.94. The lowest BCUT2D eigenvalue weighted by atomic mass is 10.1. The highest BCUT2D eigenvalue weighted by Crippen LogP contribution is 2.29. The molecule has 0 spiro atoms. The van der Waals surface area contributed by atoms with Crippen LogP contribution in [0.1, 0.15) is 11.1 Å². The first-order valence-electron chi connectivity index (χ1n) is 5.65. The van der Waals surface area contributed by atoms with Crippen LogP contribution in [0.2, 0.25) is 0 Å². The molecule has 1 aromatic carbocycles. The van der Waals surface area contributed by atoms with Crippen molar-refractivity contribution in [2.45, 2.75) is 12.7 Å². The van der Waals surface area contributed by atoms with Crippen LogP contribution in [0.15, 0.2) is 24.3 Å². The lowest BCUT2D eigenvalue weighted by Crippen LogP contribution is -2.42. The van der Waals surface area contributed by atoms with Crippen molar-refractivity contribution in [1.29, 1.82) is 0 Å². The summed E-state index contributed by atoms with van der Waals surface area (Å²) >= 11 is 0. The number of halogens is 5. The van der Waals surface area contributed by atoms with E-state index >= 15 is 0 Å². The quantitative estimate of drug-likeness (QED) is 0.902. The average molecular weight is 317 g/mol. The summed E-state index contributed by atoms with van der Waals surface area (Å²) in [6.45, 7) is 4.50. The molecule has 1 aliphatic rings. The molecule has 0 unspecified atom stereocenters. The molecule has 7 heteroatoms. The van der Waals surface area contributed by atoms with Crippen molar-refractivity contribution >= 4 is 24.8 Å². The van der Waals surface area contributed by atoms with Gasteiger partial charge in [-0.25, -0.2) is 0 Å². The van der Waals surface area contributed by atoms with E-state index < -0.39 is 11.7 Å². The van der Waals surface area contributed by atoms with Crippen LogP contribution in [0.25, 0.3) is 0 Å². The van der Waals surface area contributed by atoms with Gasteiger partial charge >= 0.3 is 6.18 Å². The van der Waals surface area contributed by atoms with E-state index in [1.54, 1.807) is 12.1 Å². The third-order valence-electron chi connectivity index (χ3n) is 2.90. The van der Waals surface area contributed by atoms with Crippen molar-refractivity contribution in [2.24, 2.45) is 0 Å². The Balaban J connectivity index is 0.00000162. The summed E-state index contributed by atoms with van der Waals surface area (Å²) in [6.07, 6.45) is -4.24. The standard InChI is InChI=1S/C12H15F3N2.2ClH/c13-12(14,15)11-3-1-10(2-4-11)9-17-7-5-16-6-8-17;;/h1-4,16H,5-9H2;2*1H. The fourth-order valence-electron chi connectivity index (χ4n) is 1.93. The van der Waals surface area contributed by atoms with Crippen LogP contribution in [0.5, 0.6) is 0 Å². The fourth-order valence-corrected chi connectivity index (χ4v) is 1.93. The molecule has 0 atom stereocenters. The van der Waals surface area contributed by atoms with Gasteiger partial charge in [-0.05, 0) is 17.7 Å². The minimum Gasteiger partial charge on any atom is -0.314 e. The average Bonchev–Trinajstić information content (AvgIpc) is 2.30. The zero-order valence-corrected chi connectivity index (χ0v) is 11.9. The second-order valence-corrected chi connectivity index (χ2v) is 4.22. The first-order valence-corrected chi connectivity index (χ1v) is 5.65. The van der Waals surface area contributed by atoms with Crippen LogP contribution in [0.4, 0.5) is 13.2 Å². The van der Waals surface area contributed by atoms with E-state index in [1.165, 1.54) is 0 Å². The maximum absolute atomic E-state index is 12.4. The van der Waals surface area contributed by atoms with Crippen molar-refractivity contribution in [3.05, 3.63) is 35.4 Å². The second-order valence-electron chi connectivity index (χ2n) is 4.22. The van der Waals surface area contributed by atoms with Gasteiger partial charge in [0.25, 0.3) is 0 Å². The summed E-state index contributed by atoms with van der Waals surface area (Å²) in [5.41, 5.74) is 0.349. The predicted octanol–water partition coefficient (Wildman–Crippen LogP) is 2.95. The van der Waals surface area contributed by atoms with E-state index in [2.05, 4.69) is 10.2 Å². The van der Waals surface area contributed by atoms with E-state index in [0.29, 0.717) is 0 Å². The van der Waals surface area contributed by atoms with Gasteiger partial charge in [-0.1, -0.05) is 12.1 Å². The number of hydrogen-bond donors (Lipinski definition) is 1. The van der Waals surface area contributed by atoms with Crippen molar-refractivity contribution in [2.75, 3.05) is 26.2 Å². The number of nitrogens with zero attached hydrogens (tertiary/aromatic N) is 1. The molecule has 0 radical (unpaired) electrons. The monoisotopic (exact) mass is 316 g/mol. The van der Waals surface area contributed by atoms with Gasteiger partial charge in [0.1, 0.15) is 0 Å². The van der Waals surface area contributed by atoms with E-state index in [4.69, 9.17) is 0 Å². The molecule has 0 amide bonds. The minimum atomic E-state index is -4.24. The van der Waals surface area contributed by atoms with Gasteiger partial charge in [0.15, 0.2) is 0 Å². The zero-order chi connectivity index (χ0) is 12.3. The molecule has 19 heavy (non-hydrogen) atoms. The summed E-state index contributed by atoms with van der Waals surface area (Å²) in [4.78, 5) is 2.24. The molecule has 0 aromatic heterocycles. The SMILES string of the molecule is Cl.Cl.FC(F)(F)c1ccc(CN2CCNCC2)cc1. The topological polar surface area (TPSA) is 15.3 Å². The third-order valence-corrected chi connectivity index (χ3v) is 2.90. The van der Waals surface area contributed by atoms with Gasteiger partial charge in [0.05, 0.1) is 5.56 Å². The third kappa shape index (κ3) is 5.57. The molecule has 1 aromatic rings. The first-order chi connectivity index (χ1) is 8.05. The summed E-state index contributed by atoms with van der Waals surface area (Å²) in [7, 11) is 0. The van der Waals surface area contributed by atoms with Crippen LogP contribution >= 0.6 is 24.8 Å². The van der Waals surface area contributed by atoms with Gasteiger partial charge in [-0.3, -0.25) is 4.90 Å². The molecule has 2 rings (SSSR count). The molecule has 0 aliphatic carbocycles. The smallest absolute Gasteiger partial charge is 0.314 e. The summed E-state index contributed by atoms with van der Waals surface area (Å²) in [5.74, 6) is 0. The number of nitrogens with one attached hydrogen (secondary N) is 1. The van der Waals surface area contributed by atoms with Crippen LogP contribution < -0.4 is 5.32 Å². The lowest BCUT2D eigenvalue weighted by molar-refractivity contribution is -0.137. The first kappa shape index (κ1) is 18.5. The molecule has 1 saturated heterocycles. The molecule has 1 aliphatic heterocycles. The van der Waals surface area contributed by atoms with Crippen molar-refractivity contribution in [1.82, 2.24) is 10.2 Å². The van der Waals surface area contributed by atoms with Gasteiger partial charge in [-0.15, -0.1) is 24.8 Å². The van der Waals surface area contributed by atoms with Crippen LogP contribution in [-0.2, 0) is 12.7 Å². The van der Waals surface area contributed by atoms with Gasteiger partial charge in [0, 0.05) is 32.7 Å². The Kier molecular flexibility index (Phi) is 7.74. The van der Waals surface area contributed by atoms with Gasteiger partial charge < -0.3 is 5.32 Å². The Morgan fingerprint density at radius 2 is 1.53 bits per heavy atom. The molecule has 1 heterocycles. The highest BCUT2D eigenvalue weighted by atomic mass is 35.5. The summed E-state index contributed by atoms with van der Waals surface area (Å²) < 4.78 is 37.1. The predicted molar refractivity (Wildman–Crippen MR) is 74.1 cm³/mol. The van der Waals surface area contributed by atoms with Gasteiger partial charge in [0.2, 0.25) is 0 Å². The van der Waals surface area contributed by atoms with Crippen LogP contribution in [0.3, 0.4) is 0 Å². The van der Waals surface area contributed by atoms with Crippen LogP contribution in [-0.4, -0.2) is 31.1 Å². The largest absolute Gasteiger partial charge is 0.416 e. The van der Waals surface area contributed by atoms with Crippen molar-refractivity contribution < 1.29 is 13.2 Å². The van der Waals surface area contributed by atoms with Crippen molar-refractivity contribution in [3.63, 3.8) is 0 Å². The highest BCUT2D eigenvalue weighted by molar-refractivity contribution is 5.85. The molecule has 1 fully saturated rings. The zero-order valence-electron chi connectivity index (χ0n) is 10.2. The number of rotatable bonds is 2. The van der Waals surface area contributed by atoms with Gasteiger partial charge in [-0.2, -0.15) is 13.2 Å². The molecular formula is C12H17Cl2F3N2. The Hall–Kier alpha value is -0.490.